The molecular weight excluding hydrogens is 466 g/mol. The lowest BCUT2D eigenvalue weighted by Crippen LogP contribution is -2.39. The molecule has 34 heavy (non-hydrogen) atoms. The topological polar surface area (TPSA) is 165 Å². The molecule has 174 valence electrons. The highest BCUT2D eigenvalue weighted by molar-refractivity contribution is 7.92. The highest BCUT2D eigenvalue weighted by atomic mass is 32.2. The molecule has 0 aromatic heterocycles. The number of anilines is 1. The molecule has 12 nitrogen and oxygen atoms in total. The first kappa shape index (κ1) is 24.0. The summed E-state index contributed by atoms with van der Waals surface area (Å²) in [7, 11) is -4.20. The van der Waals surface area contributed by atoms with E-state index in [0.717, 1.165) is 16.4 Å². The van der Waals surface area contributed by atoms with Crippen LogP contribution < -0.4 is 9.73 Å². The number of rotatable bonds is 9. The van der Waals surface area contributed by atoms with E-state index in [1.54, 1.807) is 6.07 Å². The third kappa shape index (κ3) is 5.77. The zero-order chi connectivity index (χ0) is 24.7. The monoisotopic (exact) mass is 483 g/mol. The van der Waals surface area contributed by atoms with Crippen molar-refractivity contribution in [2.75, 3.05) is 10.8 Å². The van der Waals surface area contributed by atoms with Gasteiger partial charge in [0.1, 0.15) is 6.54 Å². The second-order valence-corrected chi connectivity index (χ2v) is 8.61. The normalized spacial score (nSPS) is 11.2. The van der Waals surface area contributed by atoms with Crippen molar-refractivity contribution in [3.05, 3.63) is 105 Å². The number of sulfonamides is 1. The summed E-state index contributed by atoms with van der Waals surface area (Å²) in [6.45, 7) is -0.679. The van der Waals surface area contributed by atoms with Gasteiger partial charge in [-0.15, -0.1) is 0 Å². The zero-order valence-electron chi connectivity index (χ0n) is 17.3. The van der Waals surface area contributed by atoms with E-state index in [-0.39, 0.29) is 22.0 Å². The summed E-state index contributed by atoms with van der Waals surface area (Å²) in [5, 5.41) is 25.5. The van der Waals surface area contributed by atoms with E-state index < -0.39 is 32.3 Å². The van der Waals surface area contributed by atoms with Crippen LogP contribution in [0.3, 0.4) is 0 Å². The van der Waals surface area contributed by atoms with Crippen molar-refractivity contribution < 1.29 is 23.1 Å². The van der Waals surface area contributed by atoms with Crippen LogP contribution in [0.15, 0.2) is 88.9 Å². The molecule has 1 amide bonds. The van der Waals surface area contributed by atoms with Crippen molar-refractivity contribution in [3.8, 4) is 0 Å². The van der Waals surface area contributed by atoms with E-state index >= 15 is 0 Å². The lowest BCUT2D eigenvalue weighted by Gasteiger charge is -2.23. The molecule has 0 saturated carbocycles. The summed E-state index contributed by atoms with van der Waals surface area (Å²) in [6.07, 6.45) is 1.17. The van der Waals surface area contributed by atoms with Crippen LogP contribution in [-0.2, 0) is 14.8 Å². The third-order valence-corrected chi connectivity index (χ3v) is 6.24. The first-order valence-corrected chi connectivity index (χ1v) is 11.0. The van der Waals surface area contributed by atoms with Gasteiger partial charge in [-0.25, -0.2) is 13.8 Å². The third-order valence-electron chi connectivity index (χ3n) is 4.45. The van der Waals surface area contributed by atoms with Crippen molar-refractivity contribution in [3.63, 3.8) is 0 Å². The van der Waals surface area contributed by atoms with Crippen molar-refractivity contribution in [1.82, 2.24) is 5.43 Å². The van der Waals surface area contributed by atoms with Crippen molar-refractivity contribution in [2.45, 2.75) is 4.90 Å². The van der Waals surface area contributed by atoms with E-state index in [4.69, 9.17) is 0 Å². The second kappa shape index (κ2) is 10.3. The highest BCUT2D eigenvalue weighted by Gasteiger charge is 2.27. The quantitative estimate of drug-likeness (QED) is 0.277. The lowest BCUT2D eigenvalue weighted by molar-refractivity contribution is -0.385. The molecule has 1 N–H and O–H groups in total. The summed E-state index contributed by atoms with van der Waals surface area (Å²) in [5.41, 5.74) is 2.16. The van der Waals surface area contributed by atoms with E-state index in [0.29, 0.717) is 5.56 Å². The minimum absolute atomic E-state index is 0.0345. The van der Waals surface area contributed by atoms with Crippen LogP contribution in [0.1, 0.15) is 5.56 Å². The fourth-order valence-electron chi connectivity index (χ4n) is 2.84. The Hall–Kier alpha value is -4.65. The van der Waals surface area contributed by atoms with Gasteiger partial charge in [-0.1, -0.05) is 30.3 Å². The number of nitrogens with one attached hydrogen (secondary N) is 1. The van der Waals surface area contributed by atoms with Gasteiger partial charge in [0.05, 0.1) is 26.6 Å². The molecule has 3 aromatic carbocycles. The molecule has 0 bridgehead atoms. The van der Waals surface area contributed by atoms with E-state index in [1.807, 2.05) is 0 Å². The largest absolute Gasteiger partial charge is 0.271 e. The summed E-state index contributed by atoms with van der Waals surface area (Å²) >= 11 is 0. The van der Waals surface area contributed by atoms with Gasteiger partial charge >= 0.3 is 0 Å². The van der Waals surface area contributed by atoms with E-state index in [1.165, 1.54) is 66.9 Å². The van der Waals surface area contributed by atoms with Crippen LogP contribution >= 0.6 is 0 Å². The van der Waals surface area contributed by atoms with Gasteiger partial charge in [0.2, 0.25) is 0 Å². The Morgan fingerprint density at radius 1 is 0.912 bits per heavy atom. The number of nitro benzene ring substituents is 2. The molecule has 0 aliphatic carbocycles. The summed E-state index contributed by atoms with van der Waals surface area (Å²) in [5.74, 6) is -0.806. The number of nitrogens with zero attached hydrogens (tertiary/aromatic N) is 4. The number of hydrogen-bond acceptors (Lipinski definition) is 8. The molecule has 3 rings (SSSR count). The van der Waals surface area contributed by atoms with Gasteiger partial charge < -0.3 is 0 Å². The van der Waals surface area contributed by atoms with Crippen LogP contribution in [-0.4, -0.2) is 36.9 Å². The first-order valence-electron chi connectivity index (χ1n) is 9.57. The molecule has 0 radical (unpaired) electrons. The van der Waals surface area contributed by atoms with Crippen molar-refractivity contribution in [1.29, 1.82) is 0 Å². The van der Waals surface area contributed by atoms with Crippen molar-refractivity contribution >= 4 is 39.2 Å². The SMILES string of the molecule is O=C(CN(c1ccc([N+](=O)[O-])cc1)S(=O)(=O)c1ccccc1)N/N=C\c1cccc([N+](=O)[O-])c1. The lowest BCUT2D eigenvalue weighted by atomic mass is 10.2. The molecule has 3 aromatic rings. The second-order valence-electron chi connectivity index (χ2n) is 6.74. The van der Waals surface area contributed by atoms with Crippen LogP contribution in [0.2, 0.25) is 0 Å². The number of carbonyl (C=O) groups is 1. The smallest absolute Gasteiger partial charge is 0.270 e. The van der Waals surface area contributed by atoms with Gasteiger partial charge in [0.15, 0.2) is 0 Å². The maximum Gasteiger partial charge on any atom is 0.270 e. The average molecular weight is 483 g/mol. The number of carbonyl (C=O) groups excluding carboxylic acids is 1. The first-order chi connectivity index (χ1) is 16.2. The molecule has 0 unspecified atom stereocenters. The minimum atomic E-state index is -4.20. The van der Waals surface area contributed by atoms with Gasteiger partial charge in [-0.3, -0.25) is 29.3 Å². The van der Waals surface area contributed by atoms with E-state index in [9.17, 15) is 33.4 Å². The highest BCUT2D eigenvalue weighted by Crippen LogP contribution is 2.25. The van der Waals surface area contributed by atoms with Gasteiger partial charge in [-0.2, -0.15) is 5.10 Å². The number of nitro groups is 2. The number of benzene rings is 3. The molecule has 0 saturated heterocycles. The molecule has 13 heteroatoms. The predicted molar refractivity (Wildman–Crippen MR) is 123 cm³/mol. The Kier molecular flexibility index (Phi) is 7.28. The number of hydrazone groups is 1. The fourth-order valence-corrected chi connectivity index (χ4v) is 4.28. The Bertz CT molecular complexity index is 1340. The molecule has 0 heterocycles. The summed E-state index contributed by atoms with van der Waals surface area (Å²) in [6, 6.07) is 17.6. The molecular formula is C21H17N5O7S. The Balaban J connectivity index is 1.83. The maximum absolute atomic E-state index is 13.2. The Morgan fingerprint density at radius 2 is 1.56 bits per heavy atom. The number of non-ortho nitro benzene ring substituents is 2. The van der Waals surface area contributed by atoms with Crippen molar-refractivity contribution in [2.24, 2.45) is 5.10 Å². The fraction of sp³-hybridized carbons (Fsp3) is 0.0476. The molecule has 0 aliphatic heterocycles. The molecule has 0 aliphatic rings. The zero-order valence-corrected chi connectivity index (χ0v) is 18.2. The minimum Gasteiger partial charge on any atom is -0.271 e. The Morgan fingerprint density at radius 3 is 2.18 bits per heavy atom. The van der Waals surface area contributed by atoms with Crippen LogP contribution in [0.5, 0.6) is 0 Å². The van der Waals surface area contributed by atoms with Crippen LogP contribution in [0.4, 0.5) is 17.1 Å². The predicted octanol–water partition coefficient (Wildman–Crippen LogP) is 2.85. The molecule has 0 fully saturated rings. The van der Waals surface area contributed by atoms with Gasteiger partial charge in [-0.05, 0) is 24.3 Å². The molecule has 0 atom stereocenters. The number of amides is 1. The van der Waals surface area contributed by atoms with Crippen LogP contribution in [0, 0.1) is 20.2 Å². The maximum atomic E-state index is 13.2. The number of hydrogen-bond donors (Lipinski definition) is 1. The Labute approximate surface area is 193 Å². The summed E-state index contributed by atoms with van der Waals surface area (Å²) in [4.78, 5) is 33.0. The summed E-state index contributed by atoms with van der Waals surface area (Å²) < 4.78 is 27.2. The average Bonchev–Trinajstić information content (AvgIpc) is 2.83. The van der Waals surface area contributed by atoms with Gasteiger partial charge in [0, 0.05) is 29.8 Å². The standard InChI is InChI=1S/C21H17N5O7S/c27-21(23-22-14-16-5-4-6-19(13-16)26(30)31)15-24(17-9-11-18(12-10-17)25(28)29)34(32,33)20-7-2-1-3-8-20/h1-14H,15H2,(H,23,27)/b22-14-. The molecule has 0 spiro atoms. The van der Waals surface area contributed by atoms with Gasteiger partial charge in [0.25, 0.3) is 27.3 Å². The van der Waals surface area contributed by atoms with E-state index in [2.05, 4.69) is 10.5 Å². The van der Waals surface area contributed by atoms with Crippen LogP contribution in [0.25, 0.3) is 0 Å².